The summed E-state index contributed by atoms with van der Waals surface area (Å²) in [7, 11) is 1.64. The number of aliphatic carboxylic acids is 1. The fourth-order valence-electron chi connectivity index (χ4n) is 1.57. The van der Waals surface area contributed by atoms with E-state index in [1.54, 1.807) is 25.3 Å². The molecular weight excluding hydrogens is 238 g/mol. The summed E-state index contributed by atoms with van der Waals surface area (Å²) in [6, 6.07) is 1.92. The van der Waals surface area contributed by atoms with E-state index in [-0.39, 0.29) is 18.4 Å². The molecule has 1 heterocycles. The van der Waals surface area contributed by atoms with Gasteiger partial charge in [0.05, 0.1) is 11.8 Å². The van der Waals surface area contributed by atoms with Crippen molar-refractivity contribution in [3.05, 3.63) is 22.4 Å². The van der Waals surface area contributed by atoms with E-state index >= 15 is 0 Å². The van der Waals surface area contributed by atoms with E-state index < -0.39 is 11.9 Å². The zero-order chi connectivity index (χ0) is 13.0. The summed E-state index contributed by atoms with van der Waals surface area (Å²) in [5.41, 5.74) is 0.981. The van der Waals surface area contributed by atoms with Gasteiger partial charge in [0.15, 0.2) is 0 Å². The summed E-state index contributed by atoms with van der Waals surface area (Å²) < 4.78 is 0. The topological polar surface area (TPSA) is 57.6 Å². The molecule has 0 spiro atoms. The van der Waals surface area contributed by atoms with Crippen LogP contribution in [0.2, 0.25) is 0 Å². The van der Waals surface area contributed by atoms with Gasteiger partial charge in [-0.05, 0) is 29.3 Å². The first-order chi connectivity index (χ1) is 7.93. The number of hydrogen-bond acceptors (Lipinski definition) is 3. The highest BCUT2D eigenvalue weighted by molar-refractivity contribution is 7.08. The van der Waals surface area contributed by atoms with Gasteiger partial charge in [0.1, 0.15) is 0 Å². The molecule has 1 aromatic heterocycles. The lowest BCUT2D eigenvalue weighted by molar-refractivity contribution is -0.142. The molecule has 17 heavy (non-hydrogen) atoms. The molecule has 0 bridgehead atoms. The van der Waals surface area contributed by atoms with Crippen LogP contribution in [0.5, 0.6) is 0 Å². The molecule has 1 aromatic rings. The number of carboxylic acids is 1. The molecule has 0 aromatic carbocycles. The van der Waals surface area contributed by atoms with Gasteiger partial charge in [-0.2, -0.15) is 11.3 Å². The highest BCUT2D eigenvalue weighted by Crippen LogP contribution is 2.20. The van der Waals surface area contributed by atoms with Crippen molar-refractivity contribution >= 4 is 23.2 Å². The summed E-state index contributed by atoms with van der Waals surface area (Å²) in [5, 5.41) is 12.7. The summed E-state index contributed by atoms with van der Waals surface area (Å²) in [6.45, 7) is 3.68. The number of carbonyl (C=O) groups is 2. The Labute approximate surface area is 105 Å². The number of hydrogen-bond donors (Lipinski definition) is 1. The SMILES string of the molecule is CC(CN(C)C(=O)C(C)c1ccsc1)C(=O)O. The third-order valence-electron chi connectivity index (χ3n) is 2.76. The Kier molecular flexibility index (Phi) is 4.69. The Hall–Kier alpha value is -1.36. The maximum absolute atomic E-state index is 12.0. The molecule has 1 rings (SSSR count). The predicted octanol–water partition coefficient (Wildman–Crippen LogP) is 2.03. The maximum Gasteiger partial charge on any atom is 0.308 e. The number of carboxylic acid groups (broad SMARTS) is 1. The van der Waals surface area contributed by atoms with E-state index in [2.05, 4.69) is 0 Å². The lowest BCUT2D eigenvalue weighted by atomic mass is 10.0. The van der Waals surface area contributed by atoms with Gasteiger partial charge in [-0.15, -0.1) is 0 Å². The second-order valence-electron chi connectivity index (χ2n) is 4.24. The largest absolute Gasteiger partial charge is 0.481 e. The molecule has 0 saturated heterocycles. The first-order valence-electron chi connectivity index (χ1n) is 5.43. The number of nitrogens with zero attached hydrogens (tertiary/aromatic N) is 1. The second kappa shape index (κ2) is 5.82. The second-order valence-corrected chi connectivity index (χ2v) is 5.02. The van der Waals surface area contributed by atoms with Gasteiger partial charge in [0.2, 0.25) is 5.91 Å². The Bertz CT molecular complexity index is 388. The average molecular weight is 255 g/mol. The van der Waals surface area contributed by atoms with Gasteiger partial charge in [-0.1, -0.05) is 6.92 Å². The number of amides is 1. The van der Waals surface area contributed by atoms with Crippen LogP contribution in [0.4, 0.5) is 0 Å². The predicted molar refractivity (Wildman–Crippen MR) is 67.2 cm³/mol. The van der Waals surface area contributed by atoms with Crippen LogP contribution in [0, 0.1) is 5.92 Å². The smallest absolute Gasteiger partial charge is 0.308 e. The van der Waals surface area contributed by atoms with Crippen LogP contribution in [0.25, 0.3) is 0 Å². The third kappa shape index (κ3) is 3.56. The molecule has 0 aliphatic heterocycles. The van der Waals surface area contributed by atoms with Crippen LogP contribution in [-0.2, 0) is 9.59 Å². The van der Waals surface area contributed by atoms with Crippen molar-refractivity contribution in [2.45, 2.75) is 19.8 Å². The quantitative estimate of drug-likeness (QED) is 0.875. The Morgan fingerprint density at radius 1 is 1.47 bits per heavy atom. The van der Waals surface area contributed by atoms with E-state index in [1.807, 2.05) is 23.8 Å². The number of likely N-dealkylation sites (N-methyl/N-ethyl adjacent to an activating group) is 1. The Balaban J connectivity index is 2.61. The highest BCUT2D eigenvalue weighted by atomic mass is 32.1. The summed E-state index contributed by atoms with van der Waals surface area (Å²) in [4.78, 5) is 24.2. The fourth-order valence-corrected chi connectivity index (χ4v) is 2.33. The minimum absolute atomic E-state index is 0.0449. The third-order valence-corrected chi connectivity index (χ3v) is 3.46. The molecule has 1 amide bonds. The van der Waals surface area contributed by atoms with Crippen LogP contribution >= 0.6 is 11.3 Å². The van der Waals surface area contributed by atoms with Crippen molar-refractivity contribution in [3.63, 3.8) is 0 Å². The molecule has 0 saturated carbocycles. The van der Waals surface area contributed by atoms with Crippen molar-refractivity contribution in [1.82, 2.24) is 4.90 Å². The van der Waals surface area contributed by atoms with Crippen LogP contribution < -0.4 is 0 Å². The molecule has 0 aliphatic carbocycles. The van der Waals surface area contributed by atoms with Crippen LogP contribution in [0.15, 0.2) is 16.8 Å². The van der Waals surface area contributed by atoms with Gasteiger partial charge in [-0.3, -0.25) is 9.59 Å². The van der Waals surface area contributed by atoms with E-state index in [9.17, 15) is 9.59 Å². The minimum atomic E-state index is -0.882. The van der Waals surface area contributed by atoms with Gasteiger partial charge in [0, 0.05) is 13.6 Å². The molecule has 5 heteroatoms. The van der Waals surface area contributed by atoms with Crippen molar-refractivity contribution in [2.24, 2.45) is 5.92 Å². The maximum atomic E-state index is 12.0. The molecule has 94 valence electrons. The number of rotatable bonds is 5. The molecule has 1 N–H and O–H groups in total. The minimum Gasteiger partial charge on any atom is -0.481 e. The molecule has 4 nitrogen and oxygen atoms in total. The van der Waals surface area contributed by atoms with E-state index in [0.717, 1.165) is 5.56 Å². The fraction of sp³-hybridized carbons (Fsp3) is 0.500. The van der Waals surface area contributed by atoms with E-state index in [4.69, 9.17) is 5.11 Å². The monoisotopic (exact) mass is 255 g/mol. The summed E-state index contributed by atoms with van der Waals surface area (Å²) in [6.07, 6.45) is 0. The molecule has 0 fully saturated rings. The highest BCUT2D eigenvalue weighted by Gasteiger charge is 2.22. The van der Waals surface area contributed by atoms with Crippen molar-refractivity contribution < 1.29 is 14.7 Å². The number of thiophene rings is 1. The first kappa shape index (κ1) is 13.7. The zero-order valence-corrected chi connectivity index (χ0v) is 11.0. The van der Waals surface area contributed by atoms with Gasteiger partial charge >= 0.3 is 5.97 Å². The van der Waals surface area contributed by atoms with Gasteiger partial charge in [-0.25, -0.2) is 0 Å². The molecule has 2 atom stereocenters. The zero-order valence-electron chi connectivity index (χ0n) is 10.2. The summed E-state index contributed by atoms with van der Waals surface area (Å²) in [5.74, 6) is -1.68. The standard InChI is InChI=1S/C12H17NO3S/c1-8(12(15)16)6-13(3)11(14)9(2)10-4-5-17-7-10/h4-5,7-9H,6H2,1-3H3,(H,15,16). The first-order valence-corrected chi connectivity index (χ1v) is 6.37. The lowest BCUT2D eigenvalue weighted by Crippen LogP contribution is -2.36. The van der Waals surface area contributed by atoms with Crippen LogP contribution in [0.3, 0.4) is 0 Å². The average Bonchev–Trinajstić information content (AvgIpc) is 2.80. The lowest BCUT2D eigenvalue weighted by Gasteiger charge is -2.22. The van der Waals surface area contributed by atoms with Gasteiger partial charge < -0.3 is 10.0 Å². The number of carbonyl (C=O) groups excluding carboxylic acids is 1. The van der Waals surface area contributed by atoms with E-state index in [0.29, 0.717) is 0 Å². The van der Waals surface area contributed by atoms with Crippen molar-refractivity contribution in [3.8, 4) is 0 Å². The van der Waals surface area contributed by atoms with Crippen molar-refractivity contribution in [2.75, 3.05) is 13.6 Å². The normalized spacial score (nSPS) is 14.1. The Morgan fingerprint density at radius 2 is 2.12 bits per heavy atom. The van der Waals surface area contributed by atoms with Gasteiger partial charge in [0.25, 0.3) is 0 Å². The molecule has 0 aliphatic rings. The molecule has 0 radical (unpaired) electrons. The molecular formula is C12H17NO3S. The molecule has 2 unspecified atom stereocenters. The van der Waals surface area contributed by atoms with Crippen LogP contribution in [-0.4, -0.2) is 35.5 Å². The van der Waals surface area contributed by atoms with Crippen LogP contribution in [0.1, 0.15) is 25.3 Å². The summed E-state index contributed by atoms with van der Waals surface area (Å²) >= 11 is 1.55. The van der Waals surface area contributed by atoms with Crippen molar-refractivity contribution in [1.29, 1.82) is 0 Å². The van der Waals surface area contributed by atoms with E-state index in [1.165, 1.54) is 4.90 Å². The Morgan fingerprint density at radius 3 is 2.59 bits per heavy atom.